The van der Waals surface area contributed by atoms with Crippen molar-refractivity contribution >= 4 is 0 Å². The Labute approximate surface area is 127 Å². The van der Waals surface area contributed by atoms with Crippen LogP contribution in [-0.2, 0) is 4.74 Å². The van der Waals surface area contributed by atoms with Gasteiger partial charge in [0.15, 0.2) is 0 Å². The van der Waals surface area contributed by atoms with Crippen molar-refractivity contribution in [1.29, 1.82) is 0 Å². The van der Waals surface area contributed by atoms with Gasteiger partial charge in [0.25, 0.3) is 0 Å². The van der Waals surface area contributed by atoms with Crippen molar-refractivity contribution in [3.05, 3.63) is 0 Å². The van der Waals surface area contributed by atoms with E-state index in [0.29, 0.717) is 5.54 Å². The Hall–Kier alpha value is -0.0800. The molecule has 2 heteroatoms. The lowest BCUT2D eigenvalue weighted by molar-refractivity contribution is 0.171. The van der Waals surface area contributed by atoms with Crippen molar-refractivity contribution in [1.82, 2.24) is 5.32 Å². The molecule has 0 amide bonds. The predicted molar refractivity (Wildman–Crippen MR) is 88.1 cm³/mol. The molecule has 20 heavy (non-hydrogen) atoms. The topological polar surface area (TPSA) is 21.3 Å². The van der Waals surface area contributed by atoms with Gasteiger partial charge >= 0.3 is 0 Å². The largest absolute Gasteiger partial charge is 0.364 e. The van der Waals surface area contributed by atoms with Crippen LogP contribution >= 0.6 is 0 Å². The highest BCUT2D eigenvalue weighted by Gasteiger charge is 2.31. The van der Waals surface area contributed by atoms with Crippen molar-refractivity contribution in [3.63, 3.8) is 0 Å². The van der Waals surface area contributed by atoms with E-state index in [-0.39, 0.29) is 0 Å². The van der Waals surface area contributed by atoms with E-state index in [0.717, 1.165) is 13.3 Å². The summed E-state index contributed by atoms with van der Waals surface area (Å²) in [6.07, 6.45) is 18.2. The maximum absolute atomic E-state index is 5.49. The normalized spacial score (nSPS) is 22.5. The second-order valence-electron chi connectivity index (χ2n) is 6.59. The number of hydrogen-bond acceptors (Lipinski definition) is 2. The molecule has 1 unspecified atom stereocenters. The summed E-state index contributed by atoms with van der Waals surface area (Å²) >= 11 is 0. The number of nitrogens with one attached hydrogen (secondary N) is 1. The van der Waals surface area contributed by atoms with Crippen LogP contribution in [0.15, 0.2) is 0 Å². The number of rotatable bonds is 13. The Morgan fingerprint density at radius 3 is 1.80 bits per heavy atom. The minimum Gasteiger partial charge on any atom is -0.364 e. The molecule has 1 fully saturated rings. The molecule has 0 aromatic heterocycles. The third kappa shape index (κ3) is 7.64. The van der Waals surface area contributed by atoms with Crippen molar-refractivity contribution in [2.75, 3.05) is 13.3 Å². The van der Waals surface area contributed by atoms with E-state index in [2.05, 4.69) is 19.2 Å². The Bertz CT molecular complexity index is 211. The van der Waals surface area contributed by atoms with Crippen molar-refractivity contribution in [2.24, 2.45) is 0 Å². The van der Waals surface area contributed by atoms with Crippen LogP contribution in [0, 0.1) is 0 Å². The quantitative estimate of drug-likeness (QED) is 0.456. The lowest BCUT2D eigenvalue weighted by atomic mass is 9.90. The molecule has 0 saturated carbocycles. The van der Waals surface area contributed by atoms with Crippen LogP contribution in [0.2, 0.25) is 0 Å². The van der Waals surface area contributed by atoms with Gasteiger partial charge in [0.05, 0.1) is 13.3 Å². The minimum absolute atomic E-state index is 0.305. The van der Waals surface area contributed by atoms with Gasteiger partial charge in [-0.05, 0) is 12.8 Å². The van der Waals surface area contributed by atoms with Crippen LogP contribution in [0.4, 0.5) is 0 Å². The molecule has 1 aliphatic rings. The van der Waals surface area contributed by atoms with E-state index in [9.17, 15) is 0 Å². The molecular weight excluding hydrogens is 246 g/mol. The van der Waals surface area contributed by atoms with E-state index < -0.39 is 0 Å². The van der Waals surface area contributed by atoms with Crippen LogP contribution in [0.1, 0.15) is 97.3 Å². The molecule has 2 nitrogen and oxygen atoms in total. The highest BCUT2D eigenvalue weighted by Crippen LogP contribution is 2.23. The molecular formula is C18H37NO. The van der Waals surface area contributed by atoms with Gasteiger partial charge in [-0.1, -0.05) is 84.5 Å². The Kier molecular flexibility index (Phi) is 10.4. The summed E-state index contributed by atoms with van der Waals surface area (Å²) in [5, 5.41) is 3.53. The zero-order valence-electron chi connectivity index (χ0n) is 14.0. The van der Waals surface area contributed by atoms with Crippen LogP contribution in [0.3, 0.4) is 0 Å². The second-order valence-corrected chi connectivity index (χ2v) is 6.59. The molecule has 1 heterocycles. The van der Waals surface area contributed by atoms with E-state index >= 15 is 0 Å². The van der Waals surface area contributed by atoms with Gasteiger partial charge in [-0.2, -0.15) is 0 Å². The summed E-state index contributed by atoms with van der Waals surface area (Å²) in [4.78, 5) is 0. The molecule has 1 rings (SSSR count). The first-order valence-electron chi connectivity index (χ1n) is 9.16. The average Bonchev–Trinajstić information content (AvgIpc) is 2.94. The Morgan fingerprint density at radius 2 is 1.35 bits per heavy atom. The van der Waals surface area contributed by atoms with Gasteiger partial charge in [0, 0.05) is 5.54 Å². The monoisotopic (exact) mass is 283 g/mol. The molecule has 0 bridgehead atoms. The predicted octanol–water partition coefficient (Wildman–Crippen LogP) is 5.41. The third-order valence-electron chi connectivity index (χ3n) is 4.86. The molecule has 0 spiro atoms. The minimum atomic E-state index is 0.305. The van der Waals surface area contributed by atoms with E-state index in [1.165, 1.54) is 83.5 Å². The van der Waals surface area contributed by atoms with Gasteiger partial charge in [-0.25, -0.2) is 0 Å². The van der Waals surface area contributed by atoms with E-state index in [1.807, 2.05) is 0 Å². The van der Waals surface area contributed by atoms with Crippen molar-refractivity contribution < 1.29 is 4.74 Å². The standard InChI is InChI=1S/C18H37NO/c1-3-5-6-7-8-9-10-11-12-13-14-15-18(4-2)16-20-17-19-18/h19H,3-17H2,1-2H3. The van der Waals surface area contributed by atoms with Gasteiger partial charge in [0.1, 0.15) is 0 Å². The van der Waals surface area contributed by atoms with E-state index in [1.54, 1.807) is 0 Å². The maximum atomic E-state index is 5.49. The lowest BCUT2D eigenvalue weighted by Crippen LogP contribution is -2.41. The smallest absolute Gasteiger partial charge is 0.0971 e. The van der Waals surface area contributed by atoms with Gasteiger partial charge < -0.3 is 4.74 Å². The lowest BCUT2D eigenvalue weighted by Gasteiger charge is -2.26. The van der Waals surface area contributed by atoms with Gasteiger partial charge in [0.2, 0.25) is 0 Å². The molecule has 0 aromatic carbocycles. The molecule has 1 N–H and O–H groups in total. The Balaban J connectivity index is 1.83. The summed E-state index contributed by atoms with van der Waals surface area (Å²) in [6.45, 7) is 6.24. The highest BCUT2D eigenvalue weighted by atomic mass is 16.5. The summed E-state index contributed by atoms with van der Waals surface area (Å²) < 4.78 is 5.49. The van der Waals surface area contributed by atoms with Crippen LogP contribution < -0.4 is 5.32 Å². The molecule has 1 atom stereocenters. The SMILES string of the molecule is CCCCCCCCCCCCCC1(CC)COCN1. The van der Waals surface area contributed by atoms with E-state index in [4.69, 9.17) is 4.74 Å². The van der Waals surface area contributed by atoms with Crippen molar-refractivity contribution in [3.8, 4) is 0 Å². The number of hydrogen-bond donors (Lipinski definition) is 1. The molecule has 120 valence electrons. The molecule has 1 aliphatic heterocycles. The third-order valence-corrected chi connectivity index (χ3v) is 4.86. The van der Waals surface area contributed by atoms with Crippen molar-refractivity contribution in [2.45, 2.75) is 103 Å². The zero-order chi connectivity index (χ0) is 14.5. The zero-order valence-corrected chi connectivity index (χ0v) is 14.0. The number of unbranched alkanes of at least 4 members (excludes halogenated alkanes) is 10. The summed E-state index contributed by atoms with van der Waals surface area (Å²) in [5.41, 5.74) is 0.305. The van der Waals surface area contributed by atoms with Crippen LogP contribution in [0.25, 0.3) is 0 Å². The summed E-state index contributed by atoms with van der Waals surface area (Å²) in [7, 11) is 0. The fourth-order valence-electron chi connectivity index (χ4n) is 3.19. The fraction of sp³-hybridized carbons (Fsp3) is 1.00. The molecule has 0 aromatic rings. The first kappa shape index (κ1) is 18.0. The highest BCUT2D eigenvalue weighted by molar-refractivity contribution is 4.88. The first-order valence-corrected chi connectivity index (χ1v) is 9.16. The van der Waals surface area contributed by atoms with Gasteiger partial charge in [-0.3, -0.25) is 5.32 Å². The summed E-state index contributed by atoms with van der Waals surface area (Å²) in [6, 6.07) is 0. The fourth-order valence-corrected chi connectivity index (χ4v) is 3.19. The van der Waals surface area contributed by atoms with Gasteiger partial charge in [-0.15, -0.1) is 0 Å². The average molecular weight is 283 g/mol. The molecule has 0 radical (unpaired) electrons. The summed E-state index contributed by atoms with van der Waals surface area (Å²) in [5.74, 6) is 0. The van der Waals surface area contributed by atoms with Crippen LogP contribution in [-0.4, -0.2) is 18.9 Å². The van der Waals surface area contributed by atoms with Crippen LogP contribution in [0.5, 0.6) is 0 Å². The second kappa shape index (κ2) is 11.6. The number of ether oxygens (including phenoxy) is 1. The maximum Gasteiger partial charge on any atom is 0.0971 e. The molecule has 1 saturated heterocycles. The molecule has 0 aliphatic carbocycles. The Morgan fingerprint density at radius 1 is 0.800 bits per heavy atom. The first-order chi connectivity index (χ1) is 9.83.